The van der Waals surface area contributed by atoms with Gasteiger partial charge in [-0.3, -0.25) is 4.68 Å². The Labute approximate surface area is 157 Å². The third-order valence-corrected chi connectivity index (χ3v) is 6.81. The normalized spacial score (nSPS) is 23.7. The predicted octanol–water partition coefficient (Wildman–Crippen LogP) is 2.16. The molecule has 26 heavy (non-hydrogen) atoms. The fourth-order valence-corrected chi connectivity index (χ4v) is 5.26. The lowest BCUT2D eigenvalue weighted by Crippen LogP contribution is -2.42. The minimum Gasteiger partial charge on any atom is -0.489 e. The van der Waals surface area contributed by atoms with Gasteiger partial charge in [0, 0.05) is 43.9 Å². The molecule has 0 amide bonds. The van der Waals surface area contributed by atoms with Gasteiger partial charge in [0.25, 0.3) is 0 Å². The first-order valence-electron chi connectivity index (χ1n) is 8.44. The second kappa shape index (κ2) is 6.53. The van der Waals surface area contributed by atoms with Gasteiger partial charge < -0.3 is 9.47 Å². The molecule has 0 saturated carbocycles. The Balaban J connectivity index is 1.62. The van der Waals surface area contributed by atoms with Crippen LogP contribution in [0.4, 0.5) is 0 Å². The maximum absolute atomic E-state index is 13.2. The summed E-state index contributed by atoms with van der Waals surface area (Å²) in [4.78, 5) is 0.200. The Hall–Kier alpha value is -1.61. The highest BCUT2D eigenvalue weighted by molar-refractivity contribution is 7.89. The Kier molecular flexibility index (Phi) is 4.46. The van der Waals surface area contributed by atoms with E-state index in [1.54, 1.807) is 16.9 Å². The van der Waals surface area contributed by atoms with Gasteiger partial charge in [0.05, 0.1) is 28.8 Å². The van der Waals surface area contributed by atoms with Crippen LogP contribution >= 0.6 is 11.6 Å². The highest BCUT2D eigenvalue weighted by Crippen LogP contribution is 2.39. The molecule has 1 aromatic carbocycles. The predicted molar refractivity (Wildman–Crippen MR) is 95.9 cm³/mol. The second-order valence-corrected chi connectivity index (χ2v) is 9.04. The molecule has 0 aliphatic carbocycles. The fraction of sp³-hybridized carbons (Fsp3) is 0.471. The maximum atomic E-state index is 13.2. The number of morpholine rings is 1. The number of hydrogen-bond acceptors (Lipinski definition) is 5. The van der Waals surface area contributed by atoms with Crippen LogP contribution in [0.25, 0.3) is 0 Å². The minimum atomic E-state index is -3.67. The number of nitrogens with zero attached hydrogens (tertiary/aromatic N) is 3. The van der Waals surface area contributed by atoms with Crippen molar-refractivity contribution in [2.24, 2.45) is 7.05 Å². The standard InChI is InChI=1S/C17H20ClN3O4S/c1-11-5-12-6-14(7-15(18)17(12)25-11)26(22,23)21-3-4-24-16(10-21)13-8-19-20(2)9-13/h6-9,11,16H,3-5,10H2,1-2H3. The van der Waals surface area contributed by atoms with Gasteiger partial charge in [-0.15, -0.1) is 0 Å². The average Bonchev–Trinajstić information content (AvgIpc) is 3.20. The number of rotatable bonds is 3. The Bertz CT molecular complexity index is 943. The SMILES string of the molecule is CC1Cc2cc(S(=O)(=O)N3CCOC(c4cnn(C)c4)C3)cc(Cl)c2O1. The van der Waals surface area contributed by atoms with Crippen molar-refractivity contribution in [3.8, 4) is 5.75 Å². The van der Waals surface area contributed by atoms with Crippen LogP contribution in [0, 0.1) is 0 Å². The number of aryl methyl sites for hydroxylation is 1. The van der Waals surface area contributed by atoms with Crippen molar-refractivity contribution in [3.05, 3.63) is 40.7 Å². The Morgan fingerprint density at radius 2 is 2.15 bits per heavy atom. The van der Waals surface area contributed by atoms with Crippen molar-refractivity contribution >= 4 is 21.6 Å². The van der Waals surface area contributed by atoms with E-state index in [-0.39, 0.29) is 23.6 Å². The lowest BCUT2D eigenvalue weighted by Gasteiger charge is -2.31. The van der Waals surface area contributed by atoms with E-state index in [1.165, 1.54) is 10.4 Å². The summed E-state index contributed by atoms with van der Waals surface area (Å²) in [5.74, 6) is 0.591. The number of fused-ring (bicyclic) bond motifs is 1. The van der Waals surface area contributed by atoms with Crippen LogP contribution in [-0.4, -0.2) is 48.3 Å². The summed E-state index contributed by atoms with van der Waals surface area (Å²) in [7, 11) is -1.86. The zero-order valence-corrected chi connectivity index (χ0v) is 16.1. The number of halogens is 1. The highest BCUT2D eigenvalue weighted by Gasteiger charge is 2.34. The van der Waals surface area contributed by atoms with Crippen molar-refractivity contribution in [2.75, 3.05) is 19.7 Å². The molecule has 0 radical (unpaired) electrons. The van der Waals surface area contributed by atoms with Crippen LogP contribution in [-0.2, 0) is 28.2 Å². The smallest absolute Gasteiger partial charge is 0.243 e. The summed E-state index contributed by atoms with van der Waals surface area (Å²) in [5.41, 5.74) is 1.70. The molecule has 3 heterocycles. The lowest BCUT2D eigenvalue weighted by atomic mass is 10.1. The molecule has 1 saturated heterocycles. The van der Waals surface area contributed by atoms with Gasteiger partial charge in [-0.2, -0.15) is 9.40 Å². The molecule has 140 valence electrons. The lowest BCUT2D eigenvalue weighted by molar-refractivity contribution is -0.00259. The summed E-state index contributed by atoms with van der Waals surface area (Å²) in [6.45, 7) is 2.82. The van der Waals surface area contributed by atoms with Crippen LogP contribution in [0.1, 0.15) is 24.2 Å². The van der Waals surface area contributed by atoms with Gasteiger partial charge in [0.2, 0.25) is 10.0 Å². The summed E-state index contributed by atoms with van der Waals surface area (Å²) in [6, 6.07) is 3.15. The molecule has 2 aliphatic heterocycles. The van der Waals surface area contributed by atoms with Crippen molar-refractivity contribution in [1.29, 1.82) is 0 Å². The molecule has 0 bridgehead atoms. The molecular formula is C17H20ClN3O4S. The molecule has 0 spiro atoms. The molecular weight excluding hydrogens is 378 g/mol. The minimum absolute atomic E-state index is 0.00111. The van der Waals surface area contributed by atoms with Crippen LogP contribution in [0.3, 0.4) is 0 Å². The topological polar surface area (TPSA) is 73.7 Å². The van der Waals surface area contributed by atoms with E-state index in [9.17, 15) is 8.42 Å². The second-order valence-electron chi connectivity index (χ2n) is 6.70. The van der Waals surface area contributed by atoms with Crippen LogP contribution in [0.5, 0.6) is 5.75 Å². The molecule has 2 aromatic rings. The molecule has 7 nitrogen and oxygen atoms in total. The third-order valence-electron chi connectivity index (χ3n) is 4.68. The highest BCUT2D eigenvalue weighted by atomic mass is 35.5. The van der Waals surface area contributed by atoms with E-state index < -0.39 is 10.0 Å². The van der Waals surface area contributed by atoms with Gasteiger partial charge in [-0.05, 0) is 19.1 Å². The number of aromatic nitrogens is 2. The monoisotopic (exact) mass is 397 g/mol. The molecule has 4 rings (SSSR count). The van der Waals surface area contributed by atoms with Crippen molar-refractivity contribution in [2.45, 2.75) is 30.4 Å². The summed E-state index contributed by atoms with van der Waals surface area (Å²) < 4.78 is 40.8. The van der Waals surface area contributed by atoms with Crippen molar-refractivity contribution in [1.82, 2.24) is 14.1 Å². The van der Waals surface area contributed by atoms with Gasteiger partial charge in [-0.1, -0.05) is 11.6 Å². The van der Waals surface area contributed by atoms with Crippen molar-refractivity contribution < 1.29 is 17.9 Å². The first kappa shape index (κ1) is 17.8. The third kappa shape index (κ3) is 3.11. The zero-order chi connectivity index (χ0) is 18.5. The van der Waals surface area contributed by atoms with E-state index in [0.29, 0.717) is 30.3 Å². The Morgan fingerprint density at radius 3 is 2.88 bits per heavy atom. The average molecular weight is 398 g/mol. The largest absolute Gasteiger partial charge is 0.489 e. The van der Waals surface area contributed by atoms with E-state index in [1.807, 2.05) is 20.2 Å². The molecule has 2 atom stereocenters. The maximum Gasteiger partial charge on any atom is 0.243 e. The molecule has 1 aromatic heterocycles. The van der Waals surface area contributed by atoms with Gasteiger partial charge in [0.1, 0.15) is 11.9 Å². The zero-order valence-electron chi connectivity index (χ0n) is 14.6. The molecule has 0 N–H and O–H groups in total. The fourth-order valence-electron chi connectivity index (χ4n) is 3.41. The first-order chi connectivity index (χ1) is 12.3. The van der Waals surface area contributed by atoms with Crippen molar-refractivity contribution in [3.63, 3.8) is 0 Å². The van der Waals surface area contributed by atoms with Gasteiger partial charge in [0.15, 0.2) is 0 Å². The van der Waals surface area contributed by atoms with Crippen LogP contribution in [0.15, 0.2) is 29.4 Å². The quantitative estimate of drug-likeness (QED) is 0.793. The molecule has 2 unspecified atom stereocenters. The summed E-state index contributed by atoms with van der Waals surface area (Å²) >= 11 is 6.27. The van der Waals surface area contributed by atoms with E-state index in [2.05, 4.69) is 5.10 Å². The summed E-state index contributed by atoms with van der Waals surface area (Å²) in [6.07, 6.45) is 3.86. The Morgan fingerprint density at radius 1 is 1.35 bits per heavy atom. The molecule has 1 fully saturated rings. The van der Waals surface area contributed by atoms with Crippen LogP contribution in [0.2, 0.25) is 5.02 Å². The number of benzene rings is 1. The van der Waals surface area contributed by atoms with Gasteiger partial charge >= 0.3 is 0 Å². The number of sulfonamides is 1. The van der Waals surface area contributed by atoms with Gasteiger partial charge in [-0.25, -0.2) is 8.42 Å². The number of hydrogen-bond donors (Lipinski definition) is 0. The van der Waals surface area contributed by atoms with E-state index in [0.717, 1.165) is 11.1 Å². The molecule has 9 heteroatoms. The summed E-state index contributed by atoms with van der Waals surface area (Å²) in [5, 5.41) is 4.47. The van der Waals surface area contributed by atoms with E-state index in [4.69, 9.17) is 21.1 Å². The van der Waals surface area contributed by atoms with E-state index >= 15 is 0 Å². The number of ether oxygens (including phenoxy) is 2. The van der Waals surface area contributed by atoms with Crippen LogP contribution < -0.4 is 4.74 Å². The molecule has 2 aliphatic rings. The first-order valence-corrected chi connectivity index (χ1v) is 10.3.